The van der Waals surface area contributed by atoms with Crippen LogP contribution in [0.15, 0.2) is 22.8 Å². The van der Waals surface area contributed by atoms with Gasteiger partial charge in [0.1, 0.15) is 5.69 Å². The van der Waals surface area contributed by atoms with Gasteiger partial charge in [-0.2, -0.15) is 0 Å². The second-order valence-corrected chi connectivity index (χ2v) is 5.69. The topological polar surface area (TPSA) is 59.2 Å². The number of amides is 1. The number of carbonyl (C=O) groups excluding carboxylic acids is 1. The Morgan fingerprint density at radius 2 is 2.33 bits per heavy atom. The van der Waals surface area contributed by atoms with E-state index in [-0.39, 0.29) is 11.9 Å². The molecule has 0 bridgehead atoms. The van der Waals surface area contributed by atoms with E-state index in [2.05, 4.69) is 20.9 Å². The molecule has 1 aromatic rings. The van der Waals surface area contributed by atoms with Crippen molar-refractivity contribution in [2.75, 3.05) is 13.6 Å². The van der Waals surface area contributed by atoms with Crippen LogP contribution in [0.1, 0.15) is 29.8 Å². The fourth-order valence-corrected chi connectivity index (χ4v) is 2.87. The Kier molecular flexibility index (Phi) is 4.35. The quantitative estimate of drug-likeness (QED) is 0.929. The maximum atomic E-state index is 12.3. The number of nitrogens with zero attached hydrogens (tertiary/aromatic N) is 2. The molecule has 98 valence electrons. The van der Waals surface area contributed by atoms with Gasteiger partial charge in [-0.05, 0) is 53.4 Å². The summed E-state index contributed by atoms with van der Waals surface area (Å²) in [6.45, 7) is 0.649. The van der Waals surface area contributed by atoms with Crippen LogP contribution in [-0.2, 0) is 0 Å². The van der Waals surface area contributed by atoms with Crippen LogP contribution in [0.4, 0.5) is 0 Å². The lowest BCUT2D eigenvalue weighted by Crippen LogP contribution is -2.41. The first-order valence-corrected chi connectivity index (χ1v) is 7.01. The molecule has 1 saturated carbocycles. The van der Waals surface area contributed by atoms with Crippen molar-refractivity contribution in [1.82, 2.24) is 9.88 Å². The molecule has 2 unspecified atom stereocenters. The lowest BCUT2D eigenvalue weighted by molar-refractivity contribution is 0.0694. The van der Waals surface area contributed by atoms with E-state index in [1.54, 1.807) is 17.2 Å². The molecule has 4 nitrogen and oxygen atoms in total. The van der Waals surface area contributed by atoms with Crippen LogP contribution in [0.2, 0.25) is 0 Å². The second-order valence-electron chi connectivity index (χ2n) is 4.77. The van der Waals surface area contributed by atoms with Crippen molar-refractivity contribution in [3.05, 3.63) is 28.5 Å². The van der Waals surface area contributed by atoms with Crippen molar-refractivity contribution in [1.29, 1.82) is 0 Å². The van der Waals surface area contributed by atoms with Gasteiger partial charge in [0.15, 0.2) is 0 Å². The summed E-state index contributed by atoms with van der Waals surface area (Å²) in [4.78, 5) is 18.3. The molecule has 1 fully saturated rings. The van der Waals surface area contributed by atoms with Gasteiger partial charge in [-0.15, -0.1) is 0 Å². The summed E-state index contributed by atoms with van der Waals surface area (Å²) in [5.74, 6) is 0.405. The van der Waals surface area contributed by atoms with Crippen molar-refractivity contribution < 1.29 is 4.79 Å². The van der Waals surface area contributed by atoms with Crippen LogP contribution >= 0.6 is 15.9 Å². The predicted molar refractivity (Wildman–Crippen MR) is 74.2 cm³/mol. The van der Waals surface area contributed by atoms with Crippen LogP contribution in [-0.4, -0.2) is 35.4 Å². The normalized spacial score (nSPS) is 23.1. The van der Waals surface area contributed by atoms with Gasteiger partial charge < -0.3 is 10.6 Å². The van der Waals surface area contributed by atoms with Crippen LogP contribution < -0.4 is 5.73 Å². The average Bonchev–Trinajstić information content (AvgIpc) is 2.86. The number of carbonyl (C=O) groups is 1. The van der Waals surface area contributed by atoms with Crippen molar-refractivity contribution in [3.8, 4) is 0 Å². The molecule has 2 N–H and O–H groups in total. The maximum absolute atomic E-state index is 12.3. The zero-order valence-corrected chi connectivity index (χ0v) is 12.1. The minimum atomic E-state index is -0.0205. The Bertz CT molecular complexity index is 421. The van der Waals surface area contributed by atoms with E-state index in [1.165, 1.54) is 0 Å². The summed E-state index contributed by atoms with van der Waals surface area (Å²) in [6, 6.07) is 3.84. The molecule has 1 amide bonds. The minimum Gasteiger partial charge on any atom is -0.337 e. The first kappa shape index (κ1) is 13.5. The van der Waals surface area contributed by atoms with Crippen molar-refractivity contribution in [3.63, 3.8) is 0 Å². The number of rotatable bonds is 3. The van der Waals surface area contributed by atoms with Gasteiger partial charge in [-0.1, -0.05) is 6.42 Å². The first-order chi connectivity index (χ1) is 8.63. The predicted octanol–water partition coefficient (Wildman–Crippen LogP) is 2.04. The third-order valence-electron chi connectivity index (χ3n) is 3.69. The molecule has 0 aliphatic heterocycles. The molecule has 1 aliphatic rings. The standard InChI is InChI=1S/C13H18BrN3O/c1-17(12-4-2-3-9(12)7-15)13(18)11-6-5-10(14)8-16-11/h5-6,8-9,12H,2-4,7,15H2,1H3. The van der Waals surface area contributed by atoms with E-state index in [0.29, 0.717) is 18.2 Å². The van der Waals surface area contributed by atoms with Crippen LogP contribution in [0.5, 0.6) is 0 Å². The van der Waals surface area contributed by atoms with Crippen LogP contribution in [0.3, 0.4) is 0 Å². The number of hydrogen-bond acceptors (Lipinski definition) is 3. The molecule has 1 heterocycles. The first-order valence-electron chi connectivity index (χ1n) is 6.22. The lowest BCUT2D eigenvalue weighted by Gasteiger charge is -2.28. The number of hydrogen-bond donors (Lipinski definition) is 1. The molecule has 1 aromatic heterocycles. The van der Waals surface area contributed by atoms with Crippen LogP contribution in [0.25, 0.3) is 0 Å². The number of nitrogens with two attached hydrogens (primary N) is 1. The van der Waals surface area contributed by atoms with Gasteiger partial charge in [0.05, 0.1) is 0 Å². The Hall–Kier alpha value is -0.940. The van der Waals surface area contributed by atoms with Crippen molar-refractivity contribution >= 4 is 21.8 Å². The van der Waals surface area contributed by atoms with Crippen LogP contribution in [0, 0.1) is 5.92 Å². The lowest BCUT2D eigenvalue weighted by atomic mass is 10.0. The zero-order chi connectivity index (χ0) is 13.1. The molecule has 2 rings (SSSR count). The SMILES string of the molecule is CN(C(=O)c1ccc(Br)cn1)C1CCCC1CN. The molecule has 0 spiro atoms. The largest absolute Gasteiger partial charge is 0.337 e. The summed E-state index contributed by atoms with van der Waals surface area (Å²) < 4.78 is 0.877. The van der Waals surface area contributed by atoms with Gasteiger partial charge in [0, 0.05) is 23.8 Å². The Balaban J connectivity index is 2.11. The molecule has 18 heavy (non-hydrogen) atoms. The Morgan fingerprint density at radius 3 is 2.94 bits per heavy atom. The fraction of sp³-hybridized carbons (Fsp3) is 0.538. The van der Waals surface area contributed by atoms with Crippen molar-refractivity contribution in [2.45, 2.75) is 25.3 Å². The highest BCUT2D eigenvalue weighted by Gasteiger charge is 2.32. The molecular weight excluding hydrogens is 294 g/mol. The van der Waals surface area contributed by atoms with E-state index in [0.717, 1.165) is 23.7 Å². The molecular formula is C13H18BrN3O. The van der Waals surface area contributed by atoms with E-state index < -0.39 is 0 Å². The monoisotopic (exact) mass is 311 g/mol. The minimum absolute atomic E-state index is 0.0205. The zero-order valence-electron chi connectivity index (χ0n) is 10.5. The summed E-state index contributed by atoms with van der Waals surface area (Å²) in [6.07, 6.45) is 4.96. The fourth-order valence-electron chi connectivity index (χ4n) is 2.64. The van der Waals surface area contributed by atoms with E-state index in [9.17, 15) is 4.79 Å². The highest BCUT2D eigenvalue weighted by atomic mass is 79.9. The van der Waals surface area contributed by atoms with Crippen molar-refractivity contribution in [2.24, 2.45) is 11.7 Å². The average molecular weight is 312 g/mol. The molecule has 1 aliphatic carbocycles. The van der Waals surface area contributed by atoms with E-state index in [1.807, 2.05) is 13.1 Å². The number of pyridine rings is 1. The van der Waals surface area contributed by atoms with Gasteiger partial charge in [-0.3, -0.25) is 4.79 Å². The Morgan fingerprint density at radius 1 is 1.56 bits per heavy atom. The molecule has 0 radical (unpaired) electrons. The molecule has 0 saturated heterocycles. The maximum Gasteiger partial charge on any atom is 0.272 e. The van der Waals surface area contributed by atoms with Gasteiger partial charge in [0.25, 0.3) is 5.91 Å². The summed E-state index contributed by atoms with van der Waals surface area (Å²) in [5, 5.41) is 0. The number of halogens is 1. The highest BCUT2D eigenvalue weighted by Crippen LogP contribution is 2.29. The van der Waals surface area contributed by atoms with E-state index >= 15 is 0 Å². The highest BCUT2D eigenvalue weighted by molar-refractivity contribution is 9.10. The van der Waals surface area contributed by atoms with Gasteiger partial charge in [-0.25, -0.2) is 4.98 Å². The summed E-state index contributed by atoms with van der Waals surface area (Å²) >= 11 is 3.31. The number of aromatic nitrogens is 1. The van der Waals surface area contributed by atoms with Gasteiger partial charge in [0.2, 0.25) is 0 Å². The van der Waals surface area contributed by atoms with E-state index in [4.69, 9.17) is 5.73 Å². The summed E-state index contributed by atoms with van der Waals surface area (Å²) in [5.41, 5.74) is 6.25. The smallest absolute Gasteiger partial charge is 0.272 e. The molecule has 5 heteroatoms. The third kappa shape index (κ3) is 2.72. The molecule has 2 atom stereocenters. The molecule has 0 aromatic carbocycles. The summed E-state index contributed by atoms with van der Waals surface area (Å²) in [7, 11) is 1.85. The third-order valence-corrected chi connectivity index (χ3v) is 4.16. The Labute approximate surface area is 116 Å². The van der Waals surface area contributed by atoms with Gasteiger partial charge >= 0.3 is 0 Å². The second kappa shape index (κ2) is 5.80.